The van der Waals surface area contributed by atoms with Crippen molar-refractivity contribution < 1.29 is 9.50 Å². The van der Waals surface area contributed by atoms with Gasteiger partial charge >= 0.3 is 0 Å². The van der Waals surface area contributed by atoms with Gasteiger partial charge in [-0.3, -0.25) is 0 Å². The van der Waals surface area contributed by atoms with Gasteiger partial charge in [0.1, 0.15) is 11.6 Å². The van der Waals surface area contributed by atoms with E-state index in [9.17, 15) is 9.50 Å². The molecule has 0 fully saturated rings. The third-order valence-electron chi connectivity index (χ3n) is 3.07. The molecule has 0 amide bonds. The molecule has 2 rings (SSSR count). The molecular formula is C16H18FNO. The largest absolute Gasteiger partial charge is 0.508 e. The lowest BCUT2D eigenvalue weighted by molar-refractivity contribution is 0.473. The average Bonchev–Trinajstić information content (AvgIpc) is 2.39. The van der Waals surface area contributed by atoms with E-state index in [0.29, 0.717) is 0 Å². The third-order valence-corrected chi connectivity index (χ3v) is 3.07. The van der Waals surface area contributed by atoms with Crippen molar-refractivity contribution in [1.82, 2.24) is 5.32 Å². The molecule has 1 unspecified atom stereocenters. The van der Waals surface area contributed by atoms with Crippen LogP contribution in [0.5, 0.6) is 5.75 Å². The topological polar surface area (TPSA) is 32.3 Å². The fourth-order valence-electron chi connectivity index (χ4n) is 2.17. The van der Waals surface area contributed by atoms with Gasteiger partial charge in [0.2, 0.25) is 0 Å². The van der Waals surface area contributed by atoms with E-state index in [2.05, 4.69) is 5.32 Å². The number of nitrogens with one attached hydrogen (secondary N) is 1. The Morgan fingerprint density at radius 2 is 1.89 bits per heavy atom. The van der Waals surface area contributed by atoms with Gasteiger partial charge in [-0.2, -0.15) is 0 Å². The Morgan fingerprint density at radius 1 is 1.16 bits per heavy atom. The second-order valence-corrected chi connectivity index (χ2v) is 4.54. The van der Waals surface area contributed by atoms with Crippen LogP contribution in [0, 0.1) is 5.82 Å². The lowest BCUT2D eigenvalue weighted by atomic mass is 9.98. The minimum Gasteiger partial charge on any atom is -0.508 e. The van der Waals surface area contributed by atoms with Gasteiger partial charge in [0.25, 0.3) is 0 Å². The first-order chi connectivity index (χ1) is 9.19. The highest BCUT2D eigenvalue weighted by molar-refractivity contribution is 5.29. The summed E-state index contributed by atoms with van der Waals surface area (Å²) in [5.41, 5.74) is 2.10. The molecule has 0 heterocycles. The summed E-state index contributed by atoms with van der Waals surface area (Å²) < 4.78 is 13.0. The van der Waals surface area contributed by atoms with Gasteiger partial charge in [-0.1, -0.05) is 31.2 Å². The number of rotatable bonds is 5. The van der Waals surface area contributed by atoms with E-state index in [0.717, 1.165) is 24.1 Å². The fraction of sp³-hybridized carbons (Fsp3) is 0.250. The fourth-order valence-corrected chi connectivity index (χ4v) is 2.17. The number of aromatic hydroxyl groups is 1. The number of likely N-dealkylation sites (N-methyl/N-ethyl adjacent to an activating group) is 1. The number of phenolic OH excluding ortho intramolecular Hbond substituents is 1. The first-order valence-electron chi connectivity index (χ1n) is 6.46. The molecule has 0 aliphatic carbocycles. The predicted octanol–water partition coefficient (Wildman–Crippen LogP) is 3.42. The van der Waals surface area contributed by atoms with Crippen LogP contribution in [0.15, 0.2) is 48.5 Å². The molecule has 0 spiro atoms. The van der Waals surface area contributed by atoms with Crippen LogP contribution in [0.1, 0.15) is 24.1 Å². The summed E-state index contributed by atoms with van der Waals surface area (Å²) in [4.78, 5) is 0. The van der Waals surface area contributed by atoms with Crippen LogP contribution >= 0.6 is 0 Å². The van der Waals surface area contributed by atoms with Crippen molar-refractivity contribution in [2.24, 2.45) is 0 Å². The van der Waals surface area contributed by atoms with E-state index in [1.807, 2.05) is 19.1 Å². The Balaban J connectivity index is 2.18. The minimum absolute atomic E-state index is 0.118. The Morgan fingerprint density at radius 3 is 2.53 bits per heavy atom. The van der Waals surface area contributed by atoms with Gasteiger partial charge in [-0.25, -0.2) is 4.39 Å². The van der Waals surface area contributed by atoms with Crippen molar-refractivity contribution >= 4 is 0 Å². The van der Waals surface area contributed by atoms with Crippen molar-refractivity contribution in [2.75, 3.05) is 6.54 Å². The van der Waals surface area contributed by atoms with Crippen LogP contribution < -0.4 is 5.32 Å². The van der Waals surface area contributed by atoms with Crippen LogP contribution in [-0.2, 0) is 6.42 Å². The first kappa shape index (κ1) is 13.6. The maximum Gasteiger partial charge on any atom is 0.123 e. The smallest absolute Gasteiger partial charge is 0.123 e. The molecule has 2 aromatic rings. The van der Waals surface area contributed by atoms with Crippen molar-refractivity contribution in [3.05, 3.63) is 65.5 Å². The second kappa shape index (κ2) is 6.34. The van der Waals surface area contributed by atoms with E-state index in [1.165, 1.54) is 12.1 Å². The molecule has 0 saturated carbocycles. The van der Waals surface area contributed by atoms with Crippen molar-refractivity contribution in [3.63, 3.8) is 0 Å². The van der Waals surface area contributed by atoms with Crippen molar-refractivity contribution in [3.8, 4) is 5.75 Å². The lowest BCUT2D eigenvalue weighted by Crippen LogP contribution is -2.22. The predicted molar refractivity (Wildman–Crippen MR) is 74.6 cm³/mol. The number of phenols is 1. The monoisotopic (exact) mass is 259 g/mol. The van der Waals surface area contributed by atoms with Crippen LogP contribution in [0.4, 0.5) is 4.39 Å². The molecule has 0 aliphatic rings. The van der Waals surface area contributed by atoms with E-state index in [4.69, 9.17) is 0 Å². The molecule has 0 aliphatic heterocycles. The Labute approximate surface area is 112 Å². The molecule has 19 heavy (non-hydrogen) atoms. The Hall–Kier alpha value is -1.87. The van der Waals surface area contributed by atoms with Gasteiger partial charge < -0.3 is 10.4 Å². The summed E-state index contributed by atoms with van der Waals surface area (Å²) in [6.45, 7) is 2.87. The van der Waals surface area contributed by atoms with E-state index < -0.39 is 0 Å². The average molecular weight is 259 g/mol. The molecule has 2 aromatic carbocycles. The maximum absolute atomic E-state index is 13.0. The minimum atomic E-state index is -0.226. The molecule has 2 N–H and O–H groups in total. The van der Waals surface area contributed by atoms with Crippen LogP contribution in [0.3, 0.4) is 0 Å². The molecule has 100 valence electrons. The van der Waals surface area contributed by atoms with Crippen LogP contribution in [0.2, 0.25) is 0 Å². The van der Waals surface area contributed by atoms with E-state index in [1.54, 1.807) is 24.3 Å². The van der Waals surface area contributed by atoms with Gasteiger partial charge in [0, 0.05) is 6.04 Å². The molecule has 0 bridgehead atoms. The number of halogens is 1. The second-order valence-electron chi connectivity index (χ2n) is 4.54. The van der Waals surface area contributed by atoms with Crippen LogP contribution in [-0.4, -0.2) is 11.7 Å². The molecule has 0 radical (unpaired) electrons. The van der Waals surface area contributed by atoms with Crippen LogP contribution in [0.25, 0.3) is 0 Å². The van der Waals surface area contributed by atoms with Crippen molar-refractivity contribution in [1.29, 1.82) is 0 Å². The highest BCUT2D eigenvalue weighted by atomic mass is 19.1. The summed E-state index contributed by atoms with van der Waals surface area (Å²) in [6, 6.07) is 13.9. The summed E-state index contributed by atoms with van der Waals surface area (Å²) >= 11 is 0. The highest BCUT2D eigenvalue weighted by Crippen LogP contribution is 2.21. The summed E-state index contributed by atoms with van der Waals surface area (Å²) in [6.07, 6.45) is 0.758. The van der Waals surface area contributed by atoms with E-state index >= 15 is 0 Å². The number of hydrogen-bond donors (Lipinski definition) is 2. The molecule has 0 saturated heterocycles. The molecule has 0 aromatic heterocycles. The third kappa shape index (κ3) is 3.80. The van der Waals surface area contributed by atoms with E-state index in [-0.39, 0.29) is 17.6 Å². The SMILES string of the molecule is CCNC(Cc1cccc(O)c1)c1ccc(F)cc1. The summed E-state index contributed by atoms with van der Waals surface area (Å²) in [5, 5.41) is 12.9. The zero-order chi connectivity index (χ0) is 13.7. The maximum atomic E-state index is 13.0. The first-order valence-corrected chi connectivity index (χ1v) is 6.46. The van der Waals surface area contributed by atoms with Gasteiger partial charge in [-0.15, -0.1) is 0 Å². The number of benzene rings is 2. The molecule has 3 heteroatoms. The number of hydrogen-bond acceptors (Lipinski definition) is 2. The Bertz CT molecular complexity index is 525. The van der Waals surface area contributed by atoms with Gasteiger partial charge in [0.15, 0.2) is 0 Å². The zero-order valence-corrected chi connectivity index (χ0v) is 10.9. The van der Waals surface area contributed by atoms with Crippen molar-refractivity contribution in [2.45, 2.75) is 19.4 Å². The Kier molecular flexibility index (Phi) is 4.53. The normalized spacial score (nSPS) is 12.3. The summed E-state index contributed by atoms with van der Waals surface area (Å²) in [7, 11) is 0. The quantitative estimate of drug-likeness (QED) is 0.862. The standard InChI is InChI=1S/C16H18FNO/c1-2-18-16(13-6-8-14(17)9-7-13)11-12-4-3-5-15(19)10-12/h3-10,16,18-19H,2,11H2,1H3. The summed E-state index contributed by atoms with van der Waals surface area (Å²) in [5.74, 6) is 0.0446. The molecular weight excluding hydrogens is 241 g/mol. The highest BCUT2D eigenvalue weighted by Gasteiger charge is 2.11. The van der Waals surface area contributed by atoms with Gasteiger partial charge in [-0.05, 0) is 48.4 Å². The zero-order valence-electron chi connectivity index (χ0n) is 10.9. The molecule has 1 atom stereocenters. The van der Waals surface area contributed by atoms with Gasteiger partial charge in [0.05, 0.1) is 0 Å². The molecule has 2 nitrogen and oxygen atoms in total. The lowest BCUT2D eigenvalue weighted by Gasteiger charge is -2.18.